The number of alkyl halides is 3. The Morgan fingerprint density at radius 2 is 1.83 bits per heavy atom. The predicted molar refractivity (Wildman–Crippen MR) is 62.6 cm³/mol. The minimum absolute atomic E-state index is 0.0339. The van der Waals surface area contributed by atoms with Gasteiger partial charge in [0.25, 0.3) is 0 Å². The average molecular weight is 262 g/mol. The van der Waals surface area contributed by atoms with E-state index in [0.29, 0.717) is 12.0 Å². The van der Waals surface area contributed by atoms with Crippen molar-refractivity contribution in [3.63, 3.8) is 0 Å². The first kappa shape index (κ1) is 14.9. The molecule has 0 aromatic heterocycles. The molecule has 3 nitrogen and oxygen atoms in total. The quantitative estimate of drug-likeness (QED) is 0.633. The van der Waals surface area contributed by atoms with Crippen LogP contribution in [-0.4, -0.2) is 13.2 Å². The maximum atomic E-state index is 12.4. The molecule has 3 N–H and O–H groups in total. The molecule has 1 rings (SSSR count). The van der Waals surface area contributed by atoms with Crippen LogP contribution in [0, 0.1) is 0 Å². The van der Waals surface area contributed by atoms with Gasteiger partial charge in [0.2, 0.25) is 0 Å². The minimum Gasteiger partial charge on any atom is -0.382 e. The topological polar surface area (TPSA) is 47.3 Å². The van der Waals surface area contributed by atoms with Crippen LogP contribution < -0.4 is 11.3 Å². The predicted octanol–water partition coefficient (Wildman–Crippen LogP) is 2.63. The van der Waals surface area contributed by atoms with E-state index in [-0.39, 0.29) is 12.1 Å². The standard InChI is InChI=1S/C12H17F3N2O/c1-8(18-2)7-11(17-16)9-3-5-10(6-4-9)12(13,14)15/h3-6,8,11,17H,7,16H2,1-2H3. The lowest BCUT2D eigenvalue weighted by Gasteiger charge is -2.20. The number of hydrogen-bond acceptors (Lipinski definition) is 3. The zero-order valence-corrected chi connectivity index (χ0v) is 10.3. The summed E-state index contributed by atoms with van der Waals surface area (Å²) in [5.41, 5.74) is 2.62. The van der Waals surface area contributed by atoms with Crippen molar-refractivity contribution in [1.29, 1.82) is 0 Å². The van der Waals surface area contributed by atoms with Crippen molar-refractivity contribution in [2.75, 3.05) is 7.11 Å². The lowest BCUT2D eigenvalue weighted by molar-refractivity contribution is -0.137. The summed E-state index contributed by atoms with van der Waals surface area (Å²) in [6.07, 6.45) is -3.77. The number of benzene rings is 1. The molecule has 1 aromatic rings. The molecular formula is C12H17F3N2O. The Kier molecular flexibility index (Phi) is 5.13. The highest BCUT2D eigenvalue weighted by atomic mass is 19.4. The van der Waals surface area contributed by atoms with E-state index >= 15 is 0 Å². The molecular weight excluding hydrogens is 245 g/mol. The van der Waals surface area contributed by atoms with Crippen LogP contribution in [0.25, 0.3) is 0 Å². The number of hydrogen-bond donors (Lipinski definition) is 2. The molecule has 1 aromatic carbocycles. The third-order valence-electron chi connectivity index (χ3n) is 2.81. The Balaban J connectivity index is 2.82. The molecule has 102 valence electrons. The number of nitrogens with one attached hydrogen (secondary N) is 1. The molecule has 0 aliphatic heterocycles. The fourth-order valence-corrected chi connectivity index (χ4v) is 1.63. The van der Waals surface area contributed by atoms with Crippen LogP contribution in [0.4, 0.5) is 13.2 Å². The summed E-state index contributed by atoms with van der Waals surface area (Å²) < 4.78 is 42.3. The maximum absolute atomic E-state index is 12.4. The van der Waals surface area contributed by atoms with E-state index in [2.05, 4.69) is 5.43 Å². The van der Waals surface area contributed by atoms with Crippen molar-refractivity contribution >= 4 is 0 Å². The fourth-order valence-electron chi connectivity index (χ4n) is 1.63. The van der Waals surface area contributed by atoms with Crippen LogP contribution in [0.5, 0.6) is 0 Å². The summed E-state index contributed by atoms with van der Waals surface area (Å²) >= 11 is 0. The van der Waals surface area contributed by atoms with Gasteiger partial charge in [-0.3, -0.25) is 11.3 Å². The van der Waals surface area contributed by atoms with Gasteiger partial charge in [-0.2, -0.15) is 13.2 Å². The van der Waals surface area contributed by atoms with Crippen molar-refractivity contribution in [3.05, 3.63) is 35.4 Å². The summed E-state index contributed by atoms with van der Waals surface area (Å²) in [5.74, 6) is 5.40. The van der Waals surface area contributed by atoms with Crippen molar-refractivity contribution < 1.29 is 17.9 Å². The molecule has 0 aliphatic carbocycles. The highest BCUT2D eigenvalue weighted by Crippen LogP contribution is 2.30. The van der Waals surface area contributed by atoms with Crippen LogP contribution in [0.2, 0.25) is 0 Å². The summed E-state index contributed by atoms with van der Waals surface area (Å²) in [7, 11) is 1.57. The van der Waals surface area contributed by atoms with Gasteiger partial charge < -0.3 is 4.74 Å². The number of ether oxygens (including phenoxy) is 1. The van der Waals surface area contributed by atoms with Gasteiger partial charge in [0, 0.05) is 13.2 Å². The molecule has 0 saturated heterocycles. The van der Waals surface area contributed by atoms with Gasteiger partial charge in [-0.1, -0.05) is 12.1 Å². The maximum Gasteiger partial charge on any atom is 0.416 e. The second kappa shape index (κ2) is 6.17. The lowest BCUT2D eigenvalue weighted by atomic mass is 10.0. The summed E-state index contributed by atoms with van der Waals surface area (Å²) in [4.78, 5) is 0. The van der Waals surface area contributed by atoms with Gasteiger partial charge in [-0.05, 0) is 31.0 Å². The van der Waals surface area contributed by atoms with Gasteiger partial charge in [0.15, 0.2) is 0 Å². The van der Waals surface area contributed by atoms with E-state index in [1.807, 2.05) is 6.92 Å². The molecule has 6 heteroatoms. The lowest BCUT2D eigenvalue weighted by Crippen LogP contribution is -2.30. The van der Waals surface area contributed by atoms with E-state index in [1.165, 1.54) is 12.1 Å². The highest BCUT2D eigenvalue weighted by molar-refractivity contribution is 5.26. The molecule has 0 aliphatic rings. The van der Waals surface area contributed by atoms with Crippen LogP contribution >= 0.6 is 0 Å². The third kappa shape index (κ3) is 3.97. The first-order chi connectivity index (χ1) is 8.38. The van der Waals surface area contributed by atoms with Crippen LogP contribution in [-0.2, 0) is 10.9 Å². The monoisotopic (exact) mass is 262 g/mol. The zero-order chi connectivity index (χ0) is 13.8. The van der Waals surface area contributed by atoms with E-state index in [9.17, 15) is 13.2 Å². The Morgan fingerprint density at radius 1 is 1.28 bits per heavy atom. The number of nitrogens with two attached hydrogens (primary N) is 1. The Hall–Kier alpha value is -1.11. The Labute approximate surface area is 104 Å². The van der Waals surface area contributed by atoms with Gasteiger partial charge in [0.05, 0.1) is 11.7 Å². The van der Waals surface area contributed by atoms with E-state index in [0.717, 1.165) is 12.1 Å². The van der Waals surface area contributed by atoms with Crippen molar-refractivity contribution in [1.82, 2.24) is 5.43 Å². The largest absolute Gasteiger partial charge is 0.416 e. The normalized spacial score (nSPS) is 15.4. The summed E-state index contributed by atoms with van der Waals surface area (Å²) in [5, 5.41) is 0. The smallest absolute Gasteiger partial charge is 0.382 e. The van der Waals surface area contributed by atoms with Crippen molar-refractivity contribution in [2.24, 2.45) is 5.84 Å². The number of hydrazine groups is 1. The van der Waals surface area contributed by atoms with Gasteiger partial charge in [-0.15, -0.1) is 0 Å². The molecule has 0 radical (unpaired) electrons. The highest BCUT2D eigenvalue weighted by Gasteiger charge is 2.30. The second-order valence-electron chi connectivity index (χ2n) is 4.12. The second-order valence-corrected chi connectivity index (χ2v) is 4.12. The molecule has 2 atom stereocenters. The van der Waals surface area contributed by atoms with Crippen LogP contribution in [0.15, 0.2) is 24.3 Å². The van der Waals surface area contributed by atoms with E-state index in [1.54, 1.807) is 7.11 Å². The average Bonchev–Trinajstić information content (AvgIpc) is 2.34. The number of halogens is 3. The van der Waals surface area contributed by atoms with Crippen molar-refractivity contribution in [3.8, 4) is 0 Å². The molecule has 0 amide bonds. The molecule has 0 bridgehead atoms. The van der Waals surface area contributed by atoms with Crippen molar-refractivity contribution in [2.45, 2.75) is 31.7 Å². The number of methoxy groups -OCH3 is 1. The molecule has 2 unspecified atom stereocenters. The Morgan fingerprint density at radius 3 is 2.22 bits per heavy atom. The number of rotatable bonds is 5. The Bertz CT molecular complexity index is 365. The fraction of sp³-hybridized carbons (Fsp3) is 0.500. The molecule has 18 heavy (non-hydrogen) atoms. The van der Waals surface area contributed by atoms with E-state index < -0.39 is 11.7 Å². The third-order valence-corrected chi connectivity index (χ3v) is 2.81. The first-order valence-electron chi connectivity index (χ1n) is 5.54. The van der Waals surface area contributed by atoms with Gasteiger partial charge in [0.1, 0.15) is 0 Å². The van der Waals surface area contributed by atoms with E-state index in [4.69, 9.17) is 10.6 Å². The minimum atomic E-state index is -4.32. The summed E-state index contributed by atoms with van der Waals surface area (Å²) in [6, 6.07) is 4.72. The SMILES string of the molecule is COC(C)CC(NN)c1ccc(C(F)(F)F)cc1. The molecule has 0 heterocycles. The van der Waals surface area contributed by atoms with Gasteiger partial charge in [-0.25, -0.2) is 0 Å². The van der Waals surface area contributed by atoms with Gasteiger partial charge >= 0.3 is 6.18 Å². The first-order valence-corrected chi connectivity index (χ1v) is 5.54. The van der Waals surface area contributed by atoms with Crippen LogP contribution in [0.1, 0.15) is 30.5 Å². The molecule has 0 fully saturated rings. The molecule has 0 spiro atoms. The summed E-state index contributed by atoms with van der Waals surface area (Å²) in [6.45, 7) is 1.87. The molecule has 0 saturated carbocycles. The zero-order valence-electron chi connectivity index (χ0n) is 10.3. The van der Waals surface area contributed by atoms with Crippen LogP contribution in [0.3, 0.4) is 0 Å².